The van der Waals surface area contributed by atoms with Crippen LogP contribution in [0.2, 0.25) is 0 Å². The first kappa shape index (κ1) is 13.5. The summed E-state index contributed by atoms with van der Waals surface area (Å²) in [4.78, 5) is 10.8. The average molecular weight is 302 g/mol. The summed E-state index contributed by atoms with van der Waals surface area (Å²) in [5, 5.41) is 4.85. The molecule has 112 valence electrons. The smallest absolute Gasteiger partial charge is 0.142 e. The zero-order valence-corrected chi connectivity index (χ0v) is 13.3. The van der Waals surface area contributed by atoms with E-state index in [2.05, 4.69) is 21.8 Å². The molecule has 0 saturated heterocycles. The van der Waals surface area contributed by atoms with Crippen molar-refractivity contribution in [2.45, 2.75) is 57.5 Å². The first-order valence-electron chi connectivity index (χ1n) is 8.12. The summed E-state index contributed by atoms with van der Waals surface area (Å²) in [6.07, 6.45) is 11.3. The fourth-order valence-electron chi connectivity index (χ4n) is 3.16. The van der Waals surface area contributed by atoms with Gasteiger partial charge < -0.3 is 9.88 Å². The molecule has 1 N–H and O–H groups in total. The SMILES string of the molecule is CCCNC1CCCc2nc(-c3cncn3C3CC3)sc21. The molecule has 1 unspecified atom stereocenters. The highest BCUT2D eigenvalue weighted by atomic mass is 32.1. The summed E-state index contributed by atoms with van der Waals surface area (Å²) in [6.45, 7) is 3.32. The van der Waals surface area contributed by atoms with Crippen molar-refractivity contribution in [1.82, 2.24) is 19.9 Å². The average Bonchev–Trinajstić information content (AvgIpc) is 3.07. The Hall–Kier alpha value is -1.20. The fraction of sp³-hybridized carbons (Fsp3) is 0.625. The van der Waals surface area contributed by atoms with Crippen LogP contribution in [0.3, 0.4) is 0 Å². The van der Waals surface area contributed by atoms with Crippen LogP contribution in [0.1, 0.15) is 61.7 Å². The maximum Gasteiger partial charge on any atom is 0.142 e. The third-order valence-corrected chi connectivity index (χ3v) is 5.65. The number of nitrogens with zero attached hydrogens (tertiary/aromatic N) is 3. The van der Waals surface area contributed by atoms with Gasteiger partial charge in [0.2, 0.25) is 0 Å². The predicted octanol–water partition coefficient (Wildman–Crippen LogP) is 3.72. The van der Waals surface area contributed by atoms with Crippen molar-refractivity contribution in [1.29, 1.82) is 0 Å². The van der Waals surface area contributed by atoms with Crippen molar-refractivity contribution in [3.8, 4) is 10.7 Å². The van der Waals surface area contributed by atoms with Crippen molar-refractivity contribution in [3.05, 3.63) is 23.1 Å². The highest BCUT2D eigenvalue weighted by Crippen LogP contribution is 2.41. The first-order chi connectivity index (χ1) is 10.4. The Labute approximate surface area is 129 Å². The molecular formula is C16H22N4S. The standard InChI is InChI=1S/C16H22N4S/c1-2-8-18-12-4-3-5-13-15(12)21-16(19-13)14-9-17-10-20(14)11-6-7-11/h9-12,18H,2-8H2,1H3. The molecule has 0 aliphatic heterocycles. The predicted molar refractivity (Wildman–Crippen MR) is 85.6 cm³/mol. The van der Waals surface area contributed by atoms with Gasteiger partial charge in [-0.15, -0.1) is 11.3 Å². The van der Waals surface area contributed by atoms with Crippen LogP contribution in [0.15, 0.2) is 12.5 Å². The molecule has 5 heteroatoms. The maximum atomic E-state index is 4.94. The van der Waals surface area contributed by atoms with Gasteiger partial charge in [0.1, 0.15) is 5.01 Å². The van der Waals surface area contributed by atoms with E-state index in [9.17, 15) is 0 Å². The lowest BCUT2D eigenvalue weighted by Crippen LogP contribution is -2.24. The van der Waals surface area contributed by atoms with Gasteiger partial charge in [-0.2, -0.15) is 0 Å². The van der Waals surface area contributed by atoms with Crippen LogP contribution in [0.4, 0.5) is 0 Å². The minimum atomic E-state index is 0.511. The Morgan fingerprint density at radius 1 is 1.38 bits per heavy atom. The summed E-state index contributed by atoms with van der Waals surface area (Å²) < 4.78 is 2.32. The molecule has 1 saturated carbocycles. The highest BCUT2D eigenvalue weighted by molar-refractivity contribution is 7.15. The van der Waals surface area contributed by atoms with Crippen LogP contribution in [-0.4, -0.2) is 21.1 Å². The van der Waals surface area contributed by atoms with Crippen molar-refractivity contribution in [2.24, 2.45) is 0 Å². The summed E-state index contributed by atoms with van der Waals surface area (Å²) in [5.74, 6) is 0. The van der Waals surface area contributed by atoms with Crippen LogP contribution in [-0.2, 0) is 6.42 Å². The van der Waals surface area contributed by atoms with Crippen molar-refractivity contribution in [2.75, 3.05) is 6.54 Å². The Morgan fingerprint density at radius 2 is 2.29 bits per heavy atom. The second-order valence-electron chi connectivity index (χ2n) is 6.15. The Bertz CT molecular complexity index is 626. The molecule has 2 aliphatic rings. The second kappa shape index (κ2) is 5.54. The second-order valence-corrected chi connectivity index (χ2v) is 7.18. The van der Waals surface area contributed by atoms with Gasteiger partial charge in [0.15, 0.2) is 0 Å². The van der Waals surface area contributed by atoms with Crippen LogP contribution < -0.4 is 5.32 Å². The lowest BCUT2D eigenvalue weighted by molar-refractivity contribution is 0.465. The molecule has 1 atom stereocenters. The molecule has 1 fully saturated rings. The van der Waals surface area contributed by atoms with Crippen LogP contribution >= 0.6 is 11.3 Å². The van der Waals surface area contributed by atoms with E-state index < -0.39 is 0 Å². The monoisotopic (exact) mass is 302 g/mol. The molecule has 0 radical (unpaired) electrons. The van der Waals surface area contributed by atoms with E-state index in [4.69, 9.17) is 4.98 Å². The Kier molecular flexibility index (Phi) is 3.55. The number of fused-ring (bicyclic) bond motifs is 1. The summed E-state index contributed by atoms with van der Waals surface area (Å²) in [5.41, 5.74) is 2.53. The van der Waals surface area contributed by atoms with E-state index in [1.54, 1.807) is 0 Å². The zero-order chi connectivity index (χ0) is 14.2. The summed E-state index contributed by atoms with van der Waals surface area (Å²) >= 11 is 1.88. The van der Waals surface area contributed by atoms with E-state index in [-0.39, 0.29) is 0 Å². The third kappa shape index (κ3) is 2.53. The van der Waals surface area contributed by atoms with Gasteiger partial charge >= 0.3 is 0 Å². The van der Waals surface area contributed by atoms with Crippen LogP contribution in [0, 0.1) is 0 Å². The van der Waals surface area contributed by atoms with Gasteiger partial charge in [-0.3, -0.25) is 0 Å². The molecule has 2 aliphatic carbocycles. The molecule has 0 aromatic carbocycles. The number of hydrogen-bond donors (Lipinski definition) is 1. The van der Waals surface area contributed by atoms with Gasteiger partial charge in [0, 0.05) is 17.0 Å². The number of rotatable bonds is 5. The van der Waals surface area contributed by atoms with Gasteiger partial charge in [0.05, 0.1) is 23.9 Å². The summed E-state index contributed by atoms with van der Waals surface area (Å²) in [7, 11) is 0. The molecule has 2 aromatic heterocycles. The molecule has 4 rings (SSSR count). The first-order valence-corrected chi connectivity index (χ1v) is 8.93. The largest absolute Gasteiger partial charge is 0.326 e. The minimum absolute atomic E-state index is 0.511. The molecule has 21 heavy (non-hydrogen) atoms. The normalized spacial score (nSPS) is 21.5. The maximum absolute atomic E-state index is 4.94. The van der Waals surface area contributed by atoms with E-state index >= 15 is 0 Å². The molecular weight excluding hydrogens is 280 g/mol. The zero-order valence-electron chi connectivity index (χ0n) is 12.5. The Balaban J connectivity index is 1.65. The minimum Gasteiger partial charge on any atom is -0.326 e. The van der Waals surface area contributed by atoms with Gasteiger partial charge in [0.25, 0.3) is 0 Å². The van der Waals surface area contributed by atoms with Crippen molar-refractivity contribution in [3.63, 3.8) is 0 Å². The topological polar surface area (TPSA) is 42.7 Å². The number of thiazole rings is 1. The lowest BCUT2D eigenvalue weighted by atomic mass is 9.98. The Morgan fingerprint density at radius 3 is 3.10 bits per heavy atom. The van der Waals surface area contributed by atoms with E-state index in [0.29, 0.717) is 12.1 Å². The number of aromatic nitrogens is 3. The van der Waals surface area contributed by atoms with Crippen LogP contribution in [0.25, 0.3) is 10.7 Å². The lowest BCUT2D eigenvalue weighted by Gasteiger charge is -2.22. The van der Waals surface area contributed by atoms with E-state index in [1.807, 2.05) is 23.9 Å². The summed E-state index contributed by atoms with van der Waals surface area (Å²) in [6, 6.07) is 1.18. The molecule has 4 nitrogen and oxygen atoms in total. The van der Waals surface area contributed by atoms with E-state index in [1.165, 1.54) is 48.4 Å². The third-order valence-electron chi connectivity index (χ3n) is 4.42. The molecule has 2 aromatic rings. The van der Waals surface area contributed by atoms with Gasteiger partial charge in [-0.25, -0.2) is 9.97 Å². The molecule has 0 bridgehead atoms. The number of imidazole rings is 1. The van der Waals surface area contributed by atoms with Crippen molar-refractivity contribution >= 4 is 11.3 Å². The molecule has 0 spiro atoms. The quantitative estimate of drug-likeness (QED) is 0.915. The number of nitrogens with one attached hydrogen (secondary N) is 1. The highest BCUT2D eigenvalue weighted by Gasteiger charge is 2.29. The fourth-order valence-corrected chi connectivity index (χ4v) is 4.39. The van der Waals surface area contributed by atoms with E-state index in [0.717, 1.165) is 18.0 Å². The molecule has 2 heterocycles. The van der Waals surface area contributed by atoms with Crippen LogP contribution in [0.5, 0.6) is 0 Å². The number of aryl methyl sites for hydroxylation is 1. The number of hydrogen-bond acceptors (Lipinski definition) is 4. The molecule has 0 amide bonds. The van der Waals surface area contributed by atoms with Crippen molar-refractivity contribution < 1.29 is 0 Å². The van der Waals surface area contributed by atoms with Gasteiger partial charge in [-0.05, 0) is 45.1 Å². The van der Waals surface area contributed by atoms with Gasteiger partial charge in [-0.1, -0.05) is 6.92 Å².